The second-order valence-corrected chi connectivity index (χ2v) is 15.3. The maximum Gasteiger partial charge on any atom is 0.267 e. The van der Waals surface area contributed by atoms with Gasteiger partial charge in [-0.05, 0) is 88.1 Å². The van der Waals surface area contributed by atoms with Crippen molar-refractivity contribution in [3.63, 3.8) is 0 Å². The Bertz CT molecular complexity index is 1980. The van der Waals surface area contributed by atoms with Crippen molar-refractivity contribution in [1.29, 1.82) is 10.8 Å². The Morgan fingerprint density at radius 2 is 1.07 bits per heavy atom. The number of ketones is 2. The molecule has 4 rings (SSSR count). The Hall–Kier alpha value is -5.44. The van der Waals surface area contributed by atoms with Crippen LogP contribution in [0.25, 0.3) is 5.76 Å². The molecule has 3 aromatic rings. The maximum atomic E-state index is 11.9. The number of aliphatic hydroxyl groups excluding tert-OH is 3. The van der Waals surface area contributed by atoms with Gasteiger partial charge in [0, 0.05) is 27.8 Å². The van der Waals surface area contributed by atoms with Gasteiger partial charge in [-0.3, -0.25) is 29.5 Å². The molecule has 0 aliphatic heterocycles. The van der Waals surface area contributed by atoms with Crippen LogP contribution in [0.15, 0.2) is 90.0 Å². The van der Waals surface area contributed by atoms with Crippen molar-refractivity contribution in [3.05, 3.63) is 112 Å². The van der Waals surface area contributed by atoms with E-state index in [4.69, 9.17) is 51.1 Å². The summed E-state index contributed by atoms with van der Waals surface area (Å²) >= 11 is 0. The Kier molecular flexibility index (Phi) is 21.7. The number of allylic oxidation sites excluding steroid dienone is 3. The van der Waals surface area contributed by atoms with Crippen LogP contribution in [0, 0.1) is 10.8 Å². The first kappa shape index (κ1) is 49.6. The predicted molar refractivity (Wildman–Crippen MR) is 216 cm³/mol. The SMILES string of the molecule is CC(C)=CCC1=C(O)c2ccccc2C(=O)C1=O.N=C(N)c1ccc(OCCCCCOc2ccc(C(=N)N)cc2)cc1.O=S(=O)(O)CCO.O=S(=O)(O)CCO. The highest BCUT2D eigenvalue weighted by atomic mass is 32.2. The number of nitrogens with one attached hydrogen (secondary N) is 2. The standard InChI is InChI=1S/C19H24N4O2.C15H14O3.2C2H6O4S/c20-18(21)14-4-8-16(9-5-14)24-12-2-1-3-13-25-17-10-6-15(7-11-17)19(22)23;1-9(2)7-8-12-13(16)10-5-3-4-6-11(10)14(17)15(12)18;2*3-1-2-7(4,5)6/h4-11H,1-3,12-13H2,(H3,20,21)(H3,22,23);3-7,16H,8H2,1-2H3;2*3H,1-2H2,(H,4,5,6). The van der Waals surface area contributed by atoms with Crippen LogP contribution in [-0.2, 0) is 25.0 Å². The van der Waals surface area contributed by atoms with Gasteiger partial charge in [0.1, 0.15) is 28.9 Å². The van der Waals surface area contributed by atoms with Crippen molar-refractivity contribution in [2.45, 2.75) is 39.5 Å². The summed E-state index contributed by atoms with van der Waals surface area (Å²) in [6, 6.07) is 21.0. The molecule has 17 nitrogen and oxygen atoms in total. The second kappa shape index (κ2) is 24.9. The van der Waals surface area contributed by atoms with E-state index in [9.17, 15) is 31.5 Å². The van der Waals surface area contributed by atoms with E-state index in [1.807, 2.05) is 44.2 Å². The lowest BCUT2D eigenvalue weighted by molar-refractivity contribution is -0.112. The smallest absolute Gasteiger partial charge is 0.267 e. The van der Waals surface area contributed by atoms with E-state index >= 15 is 0 Å². The van der Waals surface area contributed by atoms with Crippen molar-refractivity contribution in [2.24, 2.45) is 11.5 Å². The molecule has 0 bridgehead atoms. The zero-order valence-corrected chi connectivity index (χ0v) is 33.2. The summed E-state index contributed by atoms with van der Waals surface area (Å²) < 4.78 is 65.5. The topological polar surface area (TPSA) is 322 Å². The highest BCUT2D eigenvalue weighted by molar-refractivity contribution is 7.86. The molecule has 1 aliphatic rings. The number of nitrogen functional groups attached to an aromatic ring is 2. The van der Waals surface area contributed by atoms with Gasteiger partial charge in [0.25, 0.3) is 20.2 Å². The number of unbranched alkanes of at least 4 members (excludes halogenated alkanes) is 2. The number of nitrogens with two attached hydrogens (primary N) is 2. The Morgan fingerprint density at radius 1 is 0.667 bits per heavy atom. The third kappa shape index (κ3) is 20.3. The number of hydrogen-bond acceptors (Lipinski definition) is 13. The first-order valence-electron chi connectivity index (χ1n) is 17.2. The summed E-state index contributed by atoms with van der Waals surface area (Å²) in [6.45, 7) is 4.04. The third-order valence-corrected chi connectivity index (χ3v) is 8.66. The number of hydrogen-bond donors (Lipinski definition) is 9. The van der Waals surface area contributed by atoms with E-state index in [2.05, 4.69) is 0 Å². The van der Waals surface area contributed by atoms with Crippen molar-refractivity contribution in [3.8, 4) is 11.5 Å². The first-order chi connectivity index (χ1) is 26.7. The van der Waals surface area contributed by atoms with Gasteiger partial charge in [0.2, 0.25) is 11.6 Å². The molecule has 3 aromatic carbocycles. The number of Topliss-reactive ketones (excluding diaryl/α,β-unsaturated/α-hetero) is 2. The summed E-state index contributed by atoms with van der Waals surface area (Å²) in [5, 5.41) is 40.5. The third-order valence-electron chi connectivity index (χ3n) is 7.26. The van der Waals surface area contributed by atoms with E-state index in [1.165, 1.54) is 0 Å². The number of benzene rings is 3. The van der Waals surface area contributed by atoms with Crippen LogP contribution >= 0.6 is 0 Å². The fourth-order valence-corrected chi connectivity index (χ4v) is 4.83. The average Bonchev–Trinajstić information content (AvgIpc) is 3.13. The number of ether oxygens (including phenoxy) is 2. The van der Waals surface area contributed by atoms with Crippen molar-refractivity contribution >= 4 is 49.2 Å². The lowest BCUT2D eigenvalue weighted by atomic mass is 9.87. The fourth-order valence-electron chi connectivity index (χ4n) is 4.37. The van der Waals surface area contributed by atoms with Crippen LogP contribution in [-0.4, -0.2) is 102 Å². The molecule has 0 saturated heterocycles. The molecule has 0 unspecified atom stereocenters. The number of carbonyl (C=O) groups excluding carboxylic acids is 2. The van der Waals surface area contributed by atoms with Gasteiger partial charge in [-0.1, -0.05) is 35.9 Å². The Balaban J connectivity index is 0.000000439. The molecule has 57 heavy (non-hydrogen) atoms. The number of fused-ring (bicyclic) bond motifs is 1. The number of rotatable bonds is 16. The minimum atomic E-state index is -3.92. The van der Waals surface area contributed by atoms with E-state index in [0.29, 0.717) is 29.9 Å². The summed E-state index contributed by atoms with van der Waals surface area (Å²) in [5.41, 5.74) is 14.2. The molecular weight excluding hydrogens is 785 g/mol. The number of carbonyl (C=O) groups is 2. The molecule has 0 radical (unpaired) electrons. The van der Waals surface area contributed by atoms with Crippen molar-refractivity contribution < 1.29 is 60.3 Å². The van der Waals surface area contributed by atoms with Gasteiger partial charge in [-0.2, -0.15) is 16.8 Å². The van der Waals surface area contributed by atoms with Gasteiger partial charge in [-0.25, -0.2) is 0 Å². The Morgan fingerprint density at radius 3 is 1.40 bits per heavy atom. The molecule has 0 fully saturated rings. The van der Waals surface area contributed by atoms with Crippen molar-refractivity contribution in [2.75, 3.05) is 37.9 Å². The van der Waals surface area contributed by atoms with Crippen LogP contribution in [0.5, 0.6) is 11.5 Å². The van der Waals surface area contributed by atoms with Gasteiger partial charge >= 0.3 is 0 Å². The minimum absolute atomic E-state index is 0.0579. The summed E-state index contributed by atoms with van der Waals surface area (Å²) in [6.07, 6.45) is 5.01. The highest BCUT2D eigenvalue weighted by Crippen LogP contribution is 2.29. The maximum absolute atomic E-state index is 11.9. The summed E-state index contributed by atoms with van der Waals surface area (Å²) in [7, 11) is -7.85. The van der Waals surface area contributed by atoms with Crippen molar-refractivity contribution in [1.82, 2.24) is 0 Å². The summed E-state index contributed by atoms with van der Waals surface area (Å²) in [4.78, 5) is 23.8. The van der Waals surface area contributed by atoms with Gasteiger partial charge in [0.05, 0.1) is 37.9 Å². The number of amidine groups is 2. The number of aliphatic hydroxyl groups is 3. The lowest BCUT2D eigenvalue weighted by Crippen LogP contribution is -2.23. The van der Waals surface area contributed by atoms with Crippen LogP contribution in [0.2, 0.25) is 0 Å². The van der Waals surface area contributed by atoms with E-state index in [0.717, 1.165) is 36.3 Å². The molecule has 11 N–H and O–H groups in total. The molecular formula is C38H50N4O13S2. The molecule has 0 amide bonds. The molecule has 1 aliphatic carbocycles. The fraction of sp³-hybridized carbons (Fsp3) is 0.316. The largest absolute Gasteiger partial charge is 0.507 e. The Labute approximate surface area is 332 Å². The lowest BCUT2D eigenvalue weighted by Gasteiger charge is -2.16. The van der Waals surface area contributed by atoms with Gasteiger partial charge in [0.15, 0.2) is 0 Å². The van der Waals surface area contributed by atoms with E-state index in [1.54, 1.807) is 48.5 Å². The first-order valence-corrected chi connectivity index (χ1v) is 20.4. The zero-order valence-electron chi connectivity index (χ0n) is 31.5. The quantitative estimate of drug-likeness (QED) is 0.0248. The molecule has 0 spiro atoms. The molecule has 19 heteroatoms. The van der Waals surface area contributed by atoms with Crippen LogP contribution in [0.1, 0.15) is 66.6 Å². The van der Waals surface area contributed by atoms with Gasteiger partial charge < -0.3 is 36.3 Å². The average molecular weight is 835 g/mol. The highest BCUT2D eigenvalue weighted by Gasteiger charge is 2.31. The molecule has 312 valence electrons. The van der Waals surface area contributed by atoms with Crippen LogP contribution < -0.4 is 20.9 Å². The monoisotopic (exact) mass is 834 g/mol. The second-order valence-electron chi connectivity index (χ2n) is 12.2. The summed E-state index contributed by atoms with van der Waals surface area (Å²) in [5.74, 6) is -0.694. The molecule has 0 aromatic heterocycles. The zero-order chi connectivity index (χ0) is 43.2. The molecule has 0 saturated carbocycles. The van der Waals surface area contributed by atoms with E-state index in [-0.39, 0.29) is 35.0 Å². The normalized spacial score (nSPS) is 12.0. The van der Waals surface area contributed by atoms with Crippen LogP contribution in [0.3, 0.4) is 0 Å². The van der Waals surface area contributed by atoms with Crippen LogP contribution in [0.4, 0.5) is 0 Å². The van der Waals surface area contributed by atoms with E-state index < -0.39 is 56.5 Å². The molecule has 0 atom stereocenters. The van der Waals surface area contributed by atoms with Gasteiger partial charge in [-0.15, -0.1) is 0 Å². The predicted octanol–water partition coefficient (Wildman–Crippen LogP) is 3.69. The molecule has 0 heterocycles. The minimum Gasteiger partial charge on any atom is -0.507 e.